The van der Waals surface area contributed by atoms with Gasteiger partial charge in [-0.05, 0) is 49.9 Å². The van der Waals surface area contributed by atoms with Gasteiger partial charge in [0.1, 0.15) is 4.21 Å². The molecular formula is C14H20N2O2S3. The van der Waals surface area contributed by atoms with Crippen molar-refractivity contribution in [1.29, 1.82) is 0 Å². The molecule has 7 heteroatoms. The molecule has 2 rings (SSSR count). The van der Waals surface area contributed by atoms with Gasteiger partial charge in [0, 0.05) is 22.8 Å². The van der Waals surface area contributed by atoms with E-state index in [2.05, 4.69) is 0 Å². The molecule has 21 heavy (non-hydrogen) atoms. The summed E-state index contributed by atoms with van der Waals surface area (Å²) in [6.07, 6.45) is 1.45. The lowest BCUT2D eigenvalue weighted by Gasteiger charge is -2.23. The Hall–Kier alpha value is -0.730. The molecule has 0 saturated heterocycles. The molecule has 1 unspecified atom stereocenters. The molecule has 116 valence electrons. The third-order valence-corrected chi connectivity index (χ3v) is 7.84. The summed E-state index contributed by atoms with van der Waals surface area (Å²) in [5, 5.41) is 2.01. The lowest BCUT2D eigenvalue weighted by molar-refractivity contribution is 0.389. The first kappa shape index (κ1) is 16.6. The molecule has 0 aromatic carbocycles. The largest absolute Gasteiger partial charge is 0.330 e. The van der Waals surface area contributed by atoms with E-state index < -0.39 is 10.0 Å². The number of thiophene rings is 2. The standard InChI is InChI=1S/C14H20N2O2S3/c1-11(10-13-4-3-9-19-13)16(2)21(17,18)14-6-5-12(20-14)7-8-15/h3-6,9,11H,7-8,10,15H2,1-2H3. The number of likely N-dealkylation sites (N-methyl/N-ethyl adjacent to an activating group) is 1. The average Bonchev–Trinajstić information content (AvgIpc) is 3.09. The van der Waals surface area contributed by atoms with Crippen molar-refractivity contribution in [2.45, 2.75) is 30.0 Å². The molecule has 2 aromatic heterocycles. The van der Waals surface area contributed by atoms with Crippen LogP contribution in [0.2, 0.25) is 0 Å². The molecule has 0 saturated carbocycles. The van der Waals surface area contributed by atoms with Crippen LogP contribution >= 0.6 is 22.7 Å². The van der Waals surface area contributed by atoms with E-state index in [1.54, 1.807) is 24.5 Å². The summed E-state index contributed by atoms with van der Waals surface area (Å²) in [5.74, 6) is 0. The van der Waals surface area contributed by atoms with E-state index in [0.717, 1.165) is 11.3 Å². The Morgan fingerprint density at radius 3 is 2.67 bits per heavy atom. The van der Waals surface area contributed by atoms with Crippen molar-refractivity contribution in [2.24, 2.45) is 5.73 Å². The molecule has 0 radical (unpaired) electrons. The van der Waals surface area contributed by atoms with Gasteiger partial charge in [-0.15, -0.1) is 22.7 Å². The zero-order valence-electron chi connectivity index (χ0n) is 12.2. The monoisotopic (exact) mass is 344 g/mol. The molecule has 2 aromatic rings. The van der Waals surface area contributed by atoms with Crippen LogP contribution in [0, 0.1) is 0 Å². The number of rotatable bonds is 7. The van der Waals surface area contributed by atoms with Gasteiger partial charge in [-0.25, -0.2) is 8.42 Å². The molecule has 0 amide bonds. The van der Waals surface area contributed by atoms with Crippen molar-refractivity contribution in [1.82, 2.24) is 4.31 Å². The normalized spacial score (nSPS) is 13.7. The third-order valence-electron chi connectivity index (χ3n) is 3.36. The molecule has 0 aliphatic carbocycles. The van der Waals surface area contributed by atoms with Crippen LogP contribution in [0.5, 0.6) is 0 Å². The first-order chi connectivity index (χ1) is 9.95. The fraction of sp³-hybridized carbons (Fsp3) is 0.429. The van der Waals surface area contributed by atoms with Crippen LogP contribution in [0.3, 0.4) is 0 Å². The maximum absolute atomic E-state index is 12.6. The molecule has 0 fully saturated rings. The van der Waals surface area contributed by atoms with E-state index in [1.807, 2.05) is 30.5 Å². The summed E-state index contributed by atoms with van der Waals surface area (Å²) < 4.78 is 27.1. The second-order valence-corrected chi connectivity index (χ2v) is 9.34. The van der Waals surface area contributed by atoms with Crippen LogP contribution in [-0.2, 0) is 22.9 Å². The summed E-state index contributed by atoms with van der Waals surface area (Å²) in [6, 6.07) is 7.47. The van der Waals surface area contributed by atoms with Gasteiger partial charge in [0.15, 0.2) is 0 Å². The molecule has 0 aliphatic heterocycles. The first-order valence-electron chi connectivity index (χ1n) is 6.74. The average molecular weight is 345 g/mol. The quantitative estimate of drug-likeness (QED) is 0.839. The number of hydrogen-bond acceptors (Lipinski definition) is 5. The Morgan fingerprint density at radius 1 is 1.29 bits per heavy atom. The lowest BCUT2D eigenvalue weighted by Crippen LogP contribution is -2.35. The highest BCUT2D eigenvalue weighted by atomic mass is 32.2. The van der Waals surface area contributed by atoms with Crippen molar-refractivity contribution in [3.63, 3.8) is 0 Å². The van der Waals surface area contributed by atoms with Gasteiger partial charge in [0.25, 0.3) is 10.0 Å². The third kappa shape index (κ3) is 3.92. The first-order valence-corrected chi connectivity index (χ1v) is 9.88. The van der Waals surface area contributed by atoms with Gasteiger partial charge in [-0.2, -0.15) is 4.31 Å². The number of nitrogens with zero attached hydrogens (tertiary/aromatic N) is 1. The van der Waals surface area contributed by atoms with Crippen molar-refractivity contribution in [3.8, 4) is 0 Å². The zero-order valence-corrected chi connectivity index (χ0v) is 14.6. The van der Waals surface area contributed by atoms with E-state index in [0.29, 0.717) is 17.2 Å². The lowest BCUT2D eigenvalue weighted by atomic mass is 10.2. The van der Waals surface area contributed by atoms with Crippen LogP contribution in [0.1, 0.15) is 16.7 Å². The van der Waals surface area contributed by atoms with Gasteiger partial charge < -0.3 is 5.73 Å². The predicted molar refractivity (Wildman–Crippen MR) is 89.5 cm³/mol. The predicted octanol–water partition coefficient (Wildman–Crippen LogP) is 2.56. The second kappa shape index (κ2) is 7.02. The second-order valence-electron chi connectivity index (χ2n) is 4.91. The minimum Gasteiger partial charge on any atom is -0.330 e. The van der Waals surface area contributed by atoms with E-state index in [9.17, 15) is 8.42 Å². The highest BCUT2D eigenvalue weighted by Gasteiger charge is 2.27. The Labute approximate surface area is 134 Å². The minimum absolute atomic E-state index is 0.0753. The molecule has 1 atom stereocenters. The van der Waals surface area contributed by atoms with Gasteiger partial charge in [0.2, 0.25) is 0 Å². The fourth-order valence-electron chi connectivity index (χ4n) is 2.00. The maximum atomic E-state index is 12.6. The van der Waals surface area contributed by atoms with Crippen LogP contribution in [0.25, 0.3) is 0 Å². The molecule has 4 nitrogen and oxygen atoms in total. The number of hydrogen-bond donors (Lipinski definition) is 1. The summed E-state index contributed by atoms with van der Waals surface area (Å²) in [4.78, 5) is 2.20. The molecule has 0 bridgehead atoms. The van der Waals surface area contributed by atoms with Gasteiger partial charge >= 0.3 is 0 Å². The van der Waals surface area contributed by atoms with Crippen molar-refractivity contribution in [2.75, 3.05) is 13.6 Å². The fourth-order valence-corrected chi connectivity index (χ4v) is 5.74. The highest BCUT2D eigenvalue weighted by molar-refractivity contribution is 7.91. The highest BCUT2D eigenvalue weighted by Crippen LogP contribution is 2.26. The molecule has 2 heterocycles. The summed E-state index contributed by atoms with van der Waals surface area (Å²) >= 11 is 2.96. The van der Waals surface area contributed by atoms with E-state index >= 15 is 0 Å². The zero-order chi connectivity index (χ0) is 15.5. The molecule has 0 aliphatic rings. The van der Waals surface area contributed by atoms with Crippen molar-refractivity contribution >= 4 is 32.7 Å². The van der Waals surface area contributed by atoms with E-state index in [1.165, 1.54) is 20.5 Å². The molecule has 2 N–H and O–H groups in total. The number of nitrogens with two attached hydrogens (primary N) is 1. The van der Waals surface area contributed by atoms with Gasteiger partial charge in [-0.3, -0.25) is 0 Å². The van der Waals surface area contributed by atoms with Gasteiger partial charge in [-0.1, -0.05) is 6.07 Å². The smallest absolute Gasteiger partial charge is 0.252 e. The van der Waals surface area contributed by atoms with E-state index in [-0.39, 0.29) is 6.04 Å². The summed E-state index contributed by atoms with van der Waals surface area (Å²) in [6.45, 7) is 2.47. The summed E-state index contributed by atoms with van der Waals surface area (Å²) in [7, 11) is -1.77. The van der Waals surface area contributed by atoms with Crippen molar-refractivity contribution in [3.05, 3.63) is 39.4 Å². The maximum Gasteiger partial charge on any atom is 0.252 e. The summed E-state index contributed by atoms with van der Waals surface area (Å²) in [5.41, 5.74) is 5.51. The van der Waals surface area contributed by atoms with Crippen LogP contribution < -0.4 is 5.73 Å². The molecular weight excluding hydrogens is 324 g/mol. The Morgan fingerprint density at radius 2 is 2.05 bits per heavy atom. The van der Waals surface area contributed by atoms with E-state index in [4.69, 9.17) is 5.73 Å². The Kier molecular flexibility index (Phi) is 5.56. The molecule has 0 spiro atoms. The Bertz CT molecular complexity index is 662. The van der Waals surface area contributed by atoms with Crippen LogP contribution in [0.4, 0.5) is 0 Å². The topological polar surface area (TPSA) is 63.4 Å². The SMILES string of the molecule is CC(Cc1cccs1)N(C)S(=O)(=O)c1ccc(CCN)s1. The van der Waals surface area contributed by atoms with Crippen LogP contribution in [-0.4, -0.2) is 32.4 Å². The number of sulfonamides is 1. The van der Waals surface area contributed by atoms with Crippen molar-refractivity contribution < 1.29 is 8.42 Å². The van der Waals surface area contributed by atoms with Gasteiger partial charge in [0.05, 0.1) is 0 Å². The minimum atomic E-state index is -3.42. The Balaban J connectivity index is 2.13. The van der Waals surface area contributed by atoms with Crippen LogP contribution in [0.15, 0.2) is 33.9 Å².